The molecule has 0 saturated heterocycles. The highest BCUT2D eigenvalue weighted by Gasteiger charge is 2.17. The number of hydrogen-bond donors (Lipinski definition) is 2. The lowest BCUT2D eigenvalue weighted by molar-refractivity contribution is -0.136. The van der Waals surface area contributed by atoms with Crippen LogP contribution in [0.1, 0.15) is 28.7 Å². The van der Waals surface area contributed by atoms with Crippen molar-refractivity contribution >= 4 is 5.97 Å². The number of ether oxygens (including phenoxy) is 2. The summed E-state index contributed by atoms with van der Waals surface area (Å²) in [5, 5.41) is 19.3. The van der Waals surface area contributed by atoms with E-state index in [1.807, 2.05) is 37.3 Å². The summed E-state index contributed by atoms with van der Waals surface area (Å²) in [5.41, 5.74) is 3.64. The number of aromatic hydroxyl groups is 1. The van der Waals surface area contributed by atoms with E-state index >= 15 is 0 Å². The van der Waals surface area contributed by atoms with Crippen molar-refractivity contribution in [2.75, 3.05) is 14.2 Å². The molecule has 0 aliphatic carbocycles. The number of aliphatic carboxylic acids is 1. The van der Waals surface area contributed by atoms with Crippen LogP contribution < -0.4 is 9.47 Å². The highest BCUT2D eigenvalue weighted by atomic mass is 16.5. The van der Waals surface area contributed by atoms with Crippen LogP contribution >= 0.6 is 0 Å². The predicted molar refractivity (Wildman–Crippen MR) is 91.2 cm³/mol. The standard InChI is InChI=1S/C19H22O5/c1-12-9-16(23-2)19(24-3)18(22)15(12)11-14-6-4-5-13(10-14)7-8-17(20)21/h4-6,9-10,22H,7-8,11H2,1-3H3,(H,20,21). The van der Waals surface area contributed by atoms with Crippen molar-refractivity contribution in [3.05, 3.63) is 52.6 Å². The minimum absolute atomic E-state index is 0.0743. The Morgan fingerprint density at radius 3 is 2.46 bits per heavy atom. The quantitative estimate of drug-likeness (QED) is 0.814. The summed E-state index contributed by atoms with van der Waals surface area (Å²) in [7, 11) is 3.02. The molecular formula is C19H22O5. The Kier molecular flexibility index (Phi) is 5.68. The second-order valence-corrected chi connectivity index (χ2v) is 5.65. The maximum Gasteiger partial charge on any atom is 0.303 e. The summed E-state index contributed by atoms with van der Waals surface area (Å²) < 4.78 is 10.5. The Bertz CT molecular complexity index is 737. The number of phenols is 1. The molecule has 0 bridgehead atoms. The van der Waals surface area contributed by atoms with E-state index < -0.39 is 5.97 Å². The van der Waals surface area contributed by atoms with Crippen molar-refractivity contribution in [3.8, 4) is 17.2 Å². The van der Waals surface area contributed by atoms with E-state index in [4.69, 9.17) is 14.6 Å². The van der Waals surface area contributed by atoms with Gasteiger partial charge in [-0.3, -0.25) is 4.79 Å². The molecule has 5 nitrogen and oxygen atoms in total. The SMILES string of the molecule is COc1cc(C)c(Cc2cccc(CCC(=O)O)c2)c(O)c1OC. The molecule has 2 aromatic carbocycles. The number of methoxy groups -OCH3 is 2. The first-order valence-corrected chi connectivity index (χ1v) is 7.69. The predicted octanol–water partition coefficient (Wildman–Crippen LogP) is 3.33. The largest absolute Gasteiger partial charge is 0.504 e. The molecule has 2 rings (SSSR count). The first-order valence-electron chi connectivity index (χ1n) is 7.69. The van der Waals surface area contributed by atoms with Gasteiger partial charge in [-0.15, -0.1) is 0 Å². The van der Waals surface area contributed by atoms with Gasteiger partial charge >= 0.3 is 5.97 Å². The summed E-state index contributed by atoms with van der Waals surface area (Å²) in [6.45, 7) is 1.91. The van der Waals surface area contributed by atoms with Gasteiger partial charge in [-0.2, -0.15) is 0 Å². The van der Waals surface area contributed by atoms with Crippen molar-refractivity contribution in [1.29, 1.82) is 0 Å². The van der Waals surface area contributed by atoms with E-state index in [9.17, 15) is 9.90 Å². The van der Waals surface area contributed by atoms with Gasteiger partial charge in [0.15, 0.2) is 11.5 Å². The summed E-state index contributed by atoms with van der Waals surface area (Å²) in [5.74, 6) is 0.0747. The van der Waals surface area contributed by atoms with E-state index in [0.717, 1.165) is 22.3 Å². The van der Waals surface area contributed by atoms with Crippen molar-refractivity contribution in [1.82, 2.24) is 0 Å². The summed E-state index contributed by atoms with van der Waals surface area (Å²) in [6, 6.07) is 9.58. The average Bonchev–Trinajstić information content (AvgIpc) is 2.56. The number of benzene rings is 2. The Hall–Kier alpha value is -2.69. The van der Waals surface area contributed by atoms with Crippen LogP contribution in [-0.4, -0.2) is 30.4 Å². The van der Waals surface area contributed by atoms with Gasteiger partial charge in [-0.05, 0) is 36.1 Å². The molecule has 0 amide bonds. The Balaban J connectivity index is 2.31. The van der Waals surface area contributed by atoms with Crippen molar-refractivity contribution < 1.29 is 24.5 Å². The van der Waals surface area contributed by atoms with E-state index in [1.54, 1.807) is 0 Å². The first kappa shape index (κ1) is 17.7. The molecule has 0 saturated carbocycles. The van der Waals surface area contributed by atoms with Gasteiger partial charge in [-0.1, -0.05) is 24.3 Å². The monoisotopic (exact) mass is 330 g/mol. The molecule has 0 spiro atoms. The minimum atomic E-state index is -0.811. The molecule has 0 atom stereocenters. The van der Waals surface area contributed by atoms with Gasteiger partial charge in [0.1, 0.15) is 0 Å². The highest BCUT2D eigenvalue weighted by Crippen LogP contribution is 2.41. The number of carboxylic acids is 1. The van der Waals surface area contributed by atoms with Crippen LogP contribution in [0.4, 0.5) is 0 Å². The molecule has 2 N–H and O–H groups in total. The van der Waals surface area contributed by atoms with Crippen molar-refractivity contribution in [3.63, 3.8) is 0 Å². The molecule has 0 aromatic heterocycles. The molecule has 0 aliphatic heterocycles. The maximum atomic E-state index is 10.7. The lowest BCUT2D eigenvalue weighted by Gasteiger charge is -2.16. The van der Waals surface area contributed by atoms with Crippen LogP contribution in [0.15, 0.2) is 30.3 Å². The molecule has 0 heterocycles. The number of carbonyl (C=O) groups is 1. The summed E-state index contributed by atoms with van der Waals surface area (Å²) >= 11 is 0. The van der Waals surface area contributed by atoms with Crippen LogP contribution in [0.5, 0.6) is 17.2 Å². The highest BCUT2D eigenvalue weighted by molar-refractivity contribution is 5.67. The fourth-order valence-electron chi connectivity index (χ4n) is 2.71. The zero-order chi connectivity index (χ0) is 17.7. The smallest absolute Gasteiger partial charge is 0.303 e. The maximum absolute atomic E-state index is 10.7. The van der Waals surface area contributed by atoms with E-state index in [-0.39, 0.29) is 12.2 Å². The minimum Gasteiger partial charge on any atom is -0.504 e. The number of aryl methyl sites for hydroxylation is 2. The summed E-state index contributed by atoms with van der Waals surface area (Å²) in [6.07, 6.45) is 1.11. The van der Waals surface area contributed by atoms with Gasteiger partial charge < -0.3 is 19.7 Å². The second-order valence-electron chi connectivity index (χ2n) is 5.65. The Morgan fingerprint density at radius 2 is 1.83 bits per heavy atom. The van der Waals surface area contributed by atoms with Gasteiger partial charge in [0.25, 0.3) is 0 Å². The number of rotatable bonds is 7. The first-order chi connectivity index (χ1) is 11.5. The topological polar surface area (TPSA) is 76.0 Å². The van der Waals surface area contributed by atoms with E-state index in [0.29, 0.717) is 24.3 Å². The lowest BCUT2D eigenvalue weighted by atomic mass is 9.96. The van der Waals surface area contributed by atoms with Crippen LogP contribution in [-0.2, 0) is 17.6 Å². The van der Waals surface area contributed by atoms with Crippen LogP contribution in [0.3, 0.4) is 0 Å². The zero-order valence-electron chi connectivity index (χ0n) is 14.1. The van der Waals surface area contributed by atoms with Crippen molar-refractivity contribution in [2.24, 2.45) is 0 Å². The fourth-order valence-corrected chi connectivity index (χ4v) is 2.71. The molecule has 0 aliphatic rings. The van der Waals surface area contributed by atoms with Gasteiger partial charge in [0.2, 0.25) is 5.75 Å². The number of phenolic OH excluding ortho intramolecular Hbond substituents is 1. The third-order valence-electron chi connectivity index (χ3n) is 3.97. The Morgan fingerprint density at radius 1 is 1.12 bits per heavy atom. The van der Waals surface area contributed by atoms with Crippen molar-refractivity contribution in [2.45, 2.75) is 26.2 Å². The summed E-state index contributed by atoms with van der Waals surface area (Å²) in [4.78, 5) is 10.7. The average molecular weight is 330 g/mol. The molecule has 0 fully saturated rings. The van der Waals surface area contributed by atoms with Gasteiger partial charge in [0.05, 0.1) is 14.2 Å². The fraction of sp³-hybridized carbons (Fsp3) is 0.316. The van der Waals surface area contributed by atoms with Gasteiger partial charge in [-0.25, -0.2) is 0 Å². The molecule has 2 aromatic rings. The lowest BCUT2D eigenvalue weighted by Crippen LogP contribution is -2.00. The zero-order valence-corrected chi connectivity index (χ0v) is 14.1. The third-order valence-corrected chi connectivity index (χ3v) is 3.97. The molecule has 128 valence electrons. The molecule has 24 heavy (non-hydrogen) atoms. The second kappa shape index (κ2) is 7.73. The van der Waals surface area contributed by atoms with E-state index in [1.165, 1.54) is 14.2 Å². The molecule has 5 heteroatoms. The number of hydrogen-bond acceptors (Lipinski definition) is 4. The van der Waals surface area contributed by atoms with Crippen LogP contribution in [0, 0.1) is 6.92 Å². The molecule has 0 unspecified atom stereocenters. The van der Waals surface area contributed by atoms with Crippen LogP contribution in [0.2, 0.25) is 0 Å². The van der Waals surface area contributed by atoms with E-state index in [2.05, 4.69) is 0 Å². The van der Waals surface area contributed by atoms with Gasteiger partial charge in [0, 0.05) is 18.4 Å². The number of carboxylic acid groups (broad SMARTS) is 1. The normalized spacial score (nSPS) is 10.5. The third kappa shape index (κ3) is 3.98. The Labute approximate surface area is 141 Å². The van der Waals surface area contributed by atoms with Crippen LogP contribution in [0.25, 0.3) is 0 Å². The molecular weight excluding hydrogens is 308 g/mol. The molecule has 0 radical (unpaired) electrons.